The average molecular weight is 676 g/mol. The Balaban J connectivity index is 0.000000360. The number of para-hydroxylation sites is 1. The van der Waals surface area contributed by atoms with Gasteiger partial charge in [-0.05, 0) is 43.2 Å². The number of rotatable bonds is 5. The van der Waals surface area contributed by atoms with Crippen LogP contribution < -0.4 is 15.5 Å². The number of pyridine rings is 1. The second-order valence-corrected chi connectivity index (χ2v) is 10.2. The molecule has 2 aliphatic rings. The highest BCUT2D eigenvalue weighted by molar-refractivity contribution is 5.97. The molecule has 11 nitrogen and oxygen atoms in total. The summed E-state index contributed by atoms with van der Waals surface area (Å²) in [5.74, 6) is -5.96. The molecule has 47 heavy (non-hydrogen) atoms. The van der Waals surface area contributed by atoms with Crippen molar-refractivity contribution in [2.24, 2.45) is 0 Å². The highest BCUT2D eigenvalue weighted by atomic mass is 19.4. The second kappa shape index (κ2) is 15.1. The number of halogens is 7. The molecule has 2 fully saturated rings. The van der Waals surface area contributed by atoms with Gasteiger partial charge in [0, 0.05) is 43.4 Å². The summed E-state index contributed by atoms with van der Waals surface area (Å²) in [5, 5.41) is 21.1. The first-order chi connectivity index (χ1) is 21.9. The number of aromatic nitrogens is 1. The highest BCUT2D eigenvalue weighted by Crippen LogP contribution is 2.36. The van der Waals surface area contributed by atoms with Gasteiger partial charge in [-0.15, -0.1) is 0 Å². The monoisotopic (exact) mass is 675 g/mol. The van der Waals surface area contributed by atoms with Crippen molar-refractivity contribution < 1.29 is 60.1 Å². The van der Waals surface area contributed by atoms with Crippen molar-refractivity contribution in [1.82, 2.24) is 20.5 Å². The van der Waals surface area contributed by atoms with Crippen LogP contribution in [0.1, 0.15) is 23.2 Å². The number of carbonyl (C=O) groups excluding carboxylic acids is 2. The largest absolute Gasteiger partial charge is 0.490 e. The number of aliphatic carboxylic acids is 2. The lowest BCUT2D eigenvalue weighted by atomic mass is 9.85. The Morgan fingerprint density at radius 1 is 0.915 bits per heavy atom. The van der Waals surface area contributed by atoms with Crippen molar-refractivity contribution >= 4 is 40.3 Å². The summed E-state index contributed by atoms with van der Waals surface area (Å²) < 4.78 is 77.2. The van der Waals surface area contributed by atoms with E-state index in [1.54, 1.807) is 12.3 Å². The fraction of sp³-hybridized carbons (Fsp3) is 0.345. The van der Waals surface area contributed by atoms with Gasteiger partial charge in [-0.3, -0.25) is 14.6 Å². The van der Waals surface area contributed by atoms with E-state index in [0.717, 1.165) is 29.7 Å². The normalized spacial score (nSPS) is 16.0. The highest BCUT2D eigenvalue weighted by Gasteiger charge is 2.50. The molecule has 18 heteroatoms. The Bertz CT molecular complexity index is 1570. The summed E-state index contributed by atoms with van der Waals surface area (Å²) in [6.07, 6.45) is -7.27. The molecule has 1 spiro atoms. The Kier molecular flexibility index (Phi) is 11.7. The number of carboxylic acids is 2. The van der Waals surface area contributed by atoms with Gasteiger partial charge in [-0.1, -0.05) is 24.3 Å². The summed E-state index contributed by atoms with van der Waals surface area (Å²) in [5.41, 5.74) is 1.47. The summed E-state index contributed by atoms with van der Waals surface area (Å²) in [6.45, 7) is 3.06. The lowest BCUT2D eigenvalue weighted by Crippen LogP contribution is -2.57. The number of alkyl halides is 6. The van der Waals surface area contributed by atoms with Crippen LogP contribution in [-0.4, -0.2) is 94.6 Å². The minimum atomic E-state index is -5.08. The number of benzene rings is 2. The van der Waals surface area contributed by atoms with Crippen LogP contribution in [0.2, 0.25) is 0 Å². The van der Waals surface area contributed by atoms with Gasteiger partial charge < -0.3 is 30.6 Å². The standard InChI is InChI=1S/C25H26FN5O2.2C2HF3O2/c26-20-5-3-6-21(15-20)31-17-29-24(33)25(31)8-11-30(12-9-25)13-10-27-23(32)19-14-18-4-1-2-7-22(18)28-16-19;2*3-2(4,5)1(6)7/h1-7,14-16H,8-13,17H2,(H,27,32)(H,29,33);2*(H,6,7). The molecule has 0 unspecified atom stereocenters. The number of amides is 2. The molecule has 2 saturated heterocycles. The number of carbonyl (C=O) groups is 4. The predicted octanol–water partition coefficient (Wildman–Crippen LogP) is 3.80. The maximum atomic E-state index is 13.8. The van der Waals surface area contributed by atoms with E-state index < -0.39 is 29.8 Å². The Labute approximate surface area is 262 Å². The summed E-state index contributed by atoms with van der Waals surface area (Å²) in [6, 6.07) is 16.0. The topological polar surface area (TPSA) is 152 Å². The zero-order valence-corrected chi connectivity index (χ0v) is 24.2. The third-order valence-corrected chi connectivity index (χ3v) is 7.19. The molecule has 0 radical (unpaired) electrons. The number of fused-ring (bicyclic) bond motifs is 1. The van der Waals surface area contributed by atoms with Gasteiger partial charge in [0.1, 0.15) is 11.4 Å². The molecule has 0 aliphatic carbocycles. The Morgan fingerprint density at radius 3 is 2.09 bits per heavy atom. The Hall–Kier alpha value is -5.00. The van der Waals surface area contributed by atoms with Crippen LogP contribution in [0.4, 0.5) is 36.4 Å². The molecule has 0 atom stereocenters. The summed E-state index contributed by atoms with van der Waals surface area (Å²) in [4.78, 5) is 51.7. The van der Waals surface area contributed by atoms with Gasteiger partial charge >= 0.3 is 24.3 Å². The molecule has 2 aromatic carbocycles. The van der Waals surface area contributed by atoms with Gasteiger partial charge in [0.25, 0.3) is 5.91 Å². The van der Waals surface area contributed by atoms with E-state index in [9.17, 15) is 40.3 Å². The number of nitrogens with zero attached hydrogens (tertiary/aromatic N) is 3. The fourth-order valence-electron chi connectivity index (χ4n) is 4.84. The number of likely N-dealkylation sites (tertiary alicyclic amines) is 1. The van der Waals surface area contributed by atoms with Crippen LogP contribution in [0.5, 0.6) is 0 Å². The SMILES string of the molecule is O=C(NCCN1CCC2(CC1)C(=O)NCN2c1cccc(F)c1)c1cnc2ccccc2c1.O=C(O)C(F)(F)F.O=C(O)C(F)(F)F. The number of piperidine rings is 1. The molecular weight excluding hydrogens is 647 g/mol. The number of carboxylic acid groups (broad SMARTS) is 2. The quantitative estimate of drug-likeness (QED) is 0.296. The molecule has 0 saturated carbocycles. The van der Waals surface area contributed by atoms with Crippen molar-refractivity contribution in [1.29, 1.82) is 0 Å². The van der Waals surface area contributed by atoms with Gasteiger partial charge in [-0.2, -0.15) is 26.3 Å². The molecule has 2 amide bonds. The molecule has 3 heterocycles. The lowest BCUT2D eigenvalue weighted by molar-refractivity contribution is -0.193. The second-order valence-electron chi connectivity index (χ2n) is 10.2. The van der Waals surface area contributed by atoms with Crippen LogP contribution in [0.25, 0.3) is 10.9 Å². The van der Waals surface area contributed by atoms with E-state index in [1.807, 2.05) is 41.3 Å². The van der Waals surface area contributed by atoms with Crippen LogP contribution in [-0.2, 0) is 14.4 Å². The maximum absolute atomic E-state index is 13.8. The maximum Gasteiger partial charge on any atom is 0.490 e. The van der Waals surface area contributed by atoms with Gasteiger partial charge in [0.2, 0.25) is 5.91 Å². The van der Waals surface area contributed by atoms with Crippen molar-refractivity contribution in [3.8, 4) is 0 Å². The van der Waals surface area contributed by atoms with E-state index in [2.05, 4.69) is 20.5 Å². The molecule has 5 rings (SSSR count). The smallest absolute Gasteiger partial charge is 0.475 e. The van der Waals surface area contributed by atoms with Gasteiger partial charge in [-0.25, -0.2) is 14.0 Å². The van der Waals surface area contributed by atoms with Crippen LogP contribution in [0.3, 0.4) is 0 Å². The van der Waals surface area contributed by atoms with Crippen molar-refractivity contribution in [3.05, 3.63) is 72.2 Å². The minimum Gasteiger partial charge on any atom is -0.475 e. The molecular formula is C29H28F7N5O6. The zero-order valence-electron chi connectivity index (χ0n) is 24.2. The minimum absolute atomic E-state index is 0.00326. The van der Waals surface area contributed by atoms with Crippen LogP contribution in [0, 0.1) is 5.82 Å². The number of hydrogen-bond acceptors (Lipinski definition) is 7. The average Bonchev–Trinajstić information content (AvgIpc) is 3.32. The fourth-order valence-corrected chi connectivity index (χ4v) is 4.84. The number of nitrogens with one attached hydrogen (secondary N) is 2. The van der Waals surface area contributed by atoms with E-state index in [4.69, 9.17) is 19.8 Å². The van der Waals surface area contributed by atoms with Crippen molar-refractivity contribution in [2.75, 3.05) is 37.7 Å². The molecule has 4 N–H and O–H groups in total. The van der Waals surface area contributed by atoms with Crippen LogP contribution >= 0.6 is 0 Å². The molecule has 0 bridgehead atoms. The zero-order chi connectivity index (χ0) is 35.0. The third kappa shape index (κ3) is 9.74. The van der Waals surface area contributed by atoms with Crippen molar-refractivity contribution in [3.63, 3.8) is 0 Å². The summed E-state index contributed by atoms with van der Waals surface area (Å²) in [7, 11) is 0. The van der Waals surface area contributed by atoms with Crippen molar-refractivity contribution in [2.45, 2.75) is 30.7 Å². The van der Waals surface area contributed by atoms with E-state index in [0.29, 0.717) is 38.2 Å². The molecule has 1 aromatic heterocycles. The molecule has 2 aliphatic heterocycles. The first kappa shape index (κ1) is 36.5. The lowest BCUT2D eigenvalue weighted by Gasteiger charge is -2.43. The van der Waals surface area contributed by atoms with E-state index in [-0.39, 0.29) is 17.6 Å². The van der Waals surface area contributed by atoms with Crippen LogP contribution in [0.15, 0.2) is 60.8 Å². The summed E-state index contributed by atoms with van der Waals surface area (Å²) >= 11 is 0. The van der Waals surface area contributed by atoms with E-state index in [1.165, 1.54) is 12.1 Å². The first-order valence-corrected chi connectivity index (χ1v) is 13.7. The number of anilines is 1. The van der Waals surface area contributed by atoms with Gasteiger partial charge in [0.15, 0.2) is 0 Å². The Morgan fingerprint density at radius 2 is 1.51 bits per heavy atom. The third-order valence-electron chi connectivity index (χ3n) is 7.19. The van der Waals surface area contributed by atoms with Gasteiger partial charge in [0.05, 0.1) is 17.7 Å². The first-order valence-electron chi connectivity index (χ1n) is 13.7. The predicted molar refractivity (Wildman–Crippen MR) is 152 cm³/mol. The molecule has 3 aromatic rings. The van der Waals surface area contributed by atoms with E-state index >= 15 is 0 Å². The number of hydrogen-bond donors (Lipinski definition) is 4. The molecule has 254 valence electrons.